The van der Waals surface area contributed by atoms with Gasteiger partial charge in [0.2, 0.25) is 0 Å². The van der Waals surface area contributed by atoms with E-state index in [-0.39, 0.29) is 0 Å². The minimum Gasteiger partial charge on any atom is -0.394 e. The number of rotatable bonds is 8. The van der Waals surface area contributed by atoms with Crippen LogP contribution >= 0.6 is 15.9 Å². The maximum atomic E-state index is 14.3. The molecule has 240 valence electrons. The summed E-state index contributed by atoms with van der Waals surface area (Å²) in [4.78, 5) is -1.33. The van der Waals surface area contributed by atoms with Crippen LogP contribution in [0.25, 0.3) is 0 Å². The van der Waals surface area contributed by atoms with E-state index in [4.69, 9.17) is 4.74 Å². The summed E-state index contributed by atoms with van der Waals surface area (Å²) in [5.41, 5.74) is 0. The summed E-state index contributed by atoms with van der Waals surface area (Å²) in [6.45, 7) is 45.4. The van der Waals surface area contributed by atoms with Gasteiger partial charge in [-0.15, -0.1) is 0 Å². The Morgan fingerprint density at radius 3 is 0.900 bits per heavy atom. The fourth-order valence-corrected chi connectivity index (χ4v) is 49.1. The van der Waals surface area contributed by atoms with Crippen LogP contribution in [0.15, 0.2) is 0 Å². The summed E-state index contributed by atoms with van der Waals surface area (Å²) in [5, 5.41) is 49.1. The minimum atomic E-state index is -2.94. The van der Waals surface area contributed by atoms with Crippen LogP contribution in [0, 0.1) is 0 Å². The van der Waals surface area contributed by atoms with Crippen molar-refractivity contribution in [2.45, 2.75) is 167 Å². The van der Waals surface area contributed by atoms with Crippen LogP contribution < -0.4 is 0 Å². The second kappa shape index (κ2) is 9.90. The molecule has 1 heterocycles. The zero-order valence-corrected chi connectivity index (χ0v) is 38.7. The Labute approximate surface area is 263 Å². The average Bonchev–Trinajstić information content (AvgIpc) is 2.61. The molecule has 5 atom stereocenters. The maximum Gasteiger partial charge on any atom is 0.137 e. The van der Waals surface area contributed by atoms with Gasteiger partial charge in [0.1, 0.15) is 25.0 Å². The lowest BCUT2D eigenvalue weighted by Gasteiger charge is -2.83. The number of halogens is 1. The van der Waals surface area contributed by atoms with E-state index in [0.717, 1.165) is 0 Å². The third-order valence-corrected chi connectivity index (χ3v) is 40.0. The second-order valence-electron chi connectivity index (χ2n) is 20.0. The first-order chi connectivity index (χ1) is 16.7. The van der Waals surface area contributed by atoms with Crippen molar-refractivity contribution in [3.8, 4) is 0 Å². The van der Waals surface area contributed by atoms with Gasteiger partial charge in [0.05, 0.1) is 61.4 Å². The van der Waals surface area contributed by atoms with Gasteiger partial charge < -0.3 is 25.2 Å². The van der Waals surface area contributed by atoms with Gasteiger partial charge >= 0.3 is 0 Å². The fraction of sp³-hybridized carbons (Fsp3) is 1.00. The van der Waals surface area contributed by atoms with Crippen LogP contribution in [0.2, 0.25) is 137 Å². The van der Waals surface area contributed by atoms with E-state index in [1.54, 1.807) is 0 Å². The Kier molecular flexibility index (Phi) is 9.85. The summed E-state index contributed by atoms with van der Waals surface area (Å²) in [6, 6.07) is 0. The summed E-state index contributed by atoms with van der Waals surface area (Å²) in [5.74, 6) is 0. The molecular weight excluding hydrogens is 681 g/mol. The van der Waals surface area contributed by atoms with Crippen LogP contribution in [-0.2, 0) is 4.74 Å². The highest BCUT2D eigenvalue weighted by Gasteiger charge is 2.93. The molecule has 0 aliphatic carbocycles. The van der Waals surface area contributed by atoms with E-state index >= 15 is 0 Å². The van der Waals surface area contributed by atoms with Crippen molar-refractivity contribution in [1.82, 2.24) is 0 Å². The molecule has 0 unspecified atom stereocenters. The Bertz CT molecular complexity index is 967. The zero-order chi connectivity index (χ0) is 33.2. The van der Waals surface area contributed by atoms with Crippen molar-refractivity contribution < 1.29 is 25.2 Å². The molecule has 0 aromatic heterocycles. The SMILES string of the molecule is C[Si](C)(C)C(O)([C@@]1([Si](C)(C)C)O[C@@](Br)([Si](C)(C)C)[C@@](O)([Si](C)(C)C)[C@](O)([Si](C)(C)C)[C@]1(O)[Si](C)(C)C)[Si](C)(C)C. The van der Waals surface area contributed by atoms with Crippen LogP contribution in [0.4, 0.5) is 0 Å². The zero-order valence-electron chi connectivity index (χ0n) is 30.1. The van der Waals surface area contributed by atoms with Crippen molar-refractivity contribution in [2.24, 2.45) is 0 Å². The van der Waals surface area contributed by atoms with Crippen LogP contribution in [-0.4, -0.2) is 107 Å². The Morgan fingerprint density at radius 2 is 0.725 bits per heavy atom. The predicted octanol–water partition coefficient (Wildman–Crippen LogP) is 6.91. The van der Waals surface area contributed by atoms with E-state index in [9.17, 15) is 20.4 Å². The largest absolute Gasteiger partial charge is 0.394 e. The van der Waals surface area contributed by atoms with Gasteiger partial charge in [-0.25, -0.2) is 0 Å². The molecule has 1 aliphatic rings. The van der Waals surface area contributed by atoms with E-state index in [0.29, 0.717) is 0 Å². The maximum absolute atomic E-state index is 14.3. The van der Waals surface area contributed by atoms with Gasteiger partial charge in [0, 0.05) is 0 Å². The number of ether oxygens (including phenoxy) is 1. The van der Waals surface area contributed by atoms with Gasteiger partial charge in [0.25, 0.3) is 0 Å². The quantitative estimate of drug-likeness (QED) is 0.160. The van der Waals surface area contributed by atoms with Gasteiger partial charge in [-0.2, -0.15) is 0 Å². The van der Waals surface area contributed by atoms with Gasteiger partial charge in [-0.3, -0.25) is 0 Å². The average molecular weight is 748 g/mol. The molecule has 0 saturated carbocycles. The molecule has 5 nitrogen and oxygen atoms in total. The van der Waals surface area contributed by atoms with Crippen LogP contribution in [0.5, 0.6) is 0 Å². The molecule has 0 aromatic rings. The molecule has 4 N–H and O–H groups in total. The third-order valence-electron chi connectivity index (χ3n) is 10.3. The summed E-state index contributed by atoms with van der Waals surface area (Å²) >= 11 is 4.19. The highest BCUT2D eigenvalue weighted by molar-refractivity contribution is 9.10. The van der Waals surface area contributed by atoms with Gasteiger partial charge in [0.15, 0.2) is 0 Å². The van der Waals surface area contributed by atoms with Crippen molar-refractivity contribution in [1.29, 1.82) is 0 Å². The molecular formula is C27H67BrO5Si7. The van der Waals surface area contributed by atoms with Crippen LogP contribution in [0.1, 0.15) is 0 Å². The minimum absolute atomic E-state index is 1.31. The second-order valence-corrected chi connectivity index (χ2v) is 58.8. The lowest BCUT2D eigenvalue weighted by Crippen LogP contribution is -3.07. The lowest BCUT2D eigenvalue weighted by atomic mass is 9.95. The van der Waals surface area contributed by atoms with Crippen LogP contribution in [0.3, 0.4) is 0 Å². The van der Waals surface area contributed by atoms with Crippen molar-refractivity contribution in [3.63, 3.8) is 0 Å². The summed E-state index contributed by atoms with van der Waals surface area (Å²) < 4.78 is 6.56. The van der Waals surface area contributed by atoms with E-state index in [1.807, 2.05) is 0 Å². The number of hydrogen-bond acceptors (Lipinski definition) is 5. The molecule has 1 fully saturated rings. The Morgan fingerprint density at radius 1 is 0.450 bits per heavy atom. The smallest absolute Gasteiger partial charge is 0.137 e. The predicted molar refractivity (Wildman–Crippen MR) is 199 cm³/mol. The first kappa shape index (κ1) is 39.8. The van der Waals surface area contributed by atoms with Gasteiger partial charge in [-0.1, -0.05) is 153 Å². The number of hydrogen-bond donors (Lipinski definition) is 4. The van der Waals surface area contributed by atoms with Gasteiger partial charge in [-0.05, 0) is 0 Å². The molecule has 1 rings (SSSR count). The number of alkyl halides is 1. The van der Waals surface area contributed by atoms with Crippen molar-refractivity contribution in [2.75, 3.05) is 0 Å². The van der Waals surface area contributed by atoms with E-state index in [2.05, 4.69) is 153 Å². The molecule has 1 aliphatic heterocycles. The monoisotopic (exact) mass is 746 g/mol. The molecule has 0 aromatic carbocycles. The van der Waals surface area contributed by atoms with E-state index < -0.39 is 86.4 Å². The number of aliphatic hydroxyl groups is 4. The first-order valence-corrected chi connectivity index (χ1v) is 40.3. The molecule has 13 heteroatoms. The highest BCUT2D eigenvalue weighted by atomic mass is 79.9. The molecule has 0 bridgehead atoms. The summed E-state index contributed by atoms with van der Waals surface area (Å²) in [7, 11) is -19.3. The molecule has 40 heavy (non-hydrogen) atoms. The molecule has 0 spiro atoms. The Balaban J connectivity index is 5.21. The standard InChI is InChI=1S/C27H67BrO5Si7/c1-34(2,3)22(29)23(30,35(4,5)6)25(37(10,11)12,27(32,39(16,17)18)40(19,20)21)33-26(28,38(13,14)15)24(22,31)36(7,8)9/h29-32H,1-21H3/t22-,23+,24+,25-,26-/m1/s1. The Hall–Kier alpha value is 1.80. The normalized spacial score (nSPS) is 36.1. The van der Waals surface area contributed by atoms with E-state index in [1.165, 1.54) is 0 Å². The molecule has 0 amide bonds. The fourth-order valence-electron chi connectivity index (χ4n) is 8.74. The molecule has 0 radical (unpaired) electrons. The molecule has 1 saturated heterocycles. The van der Waals surface area contributed by atoms with Crippen molar-refractivity contribution in [3.05, 3.63) is 0 Å². The third kappa shape index (κ3) is 4.47. The van der Waals surface area contributed by atoms with Crippen molar-refractivity contribution >= 4 is 72.4 Å². The summed E-state index contributed by atoms with van der Waals surface area (Å²) in [6.07, 6.45) is 0. The first-order valence-electron chi connectivity index (χ1n) is 15.0. The lowest BCUT2D eigenvalue weighted by molar-refractivity contribution is -0.311. The highest BCUT2D eigenvalue weighted by Crippen LogP contribution is 2.70. The topological polar surface area (TPSA) is 90.2 Å².